The van der Waals surface area contributed by atoms with Gasteiger partial charge in [0, 0.05) is 28.3 Å². The molecular weight excluding hydrogens is 234 g/mol. The lowest BCUT2D eigenvalue weighted by molar-refractivity contribution is -0.0664. The maximum atomic E-state index is 12.0. The van der Waals surface area contributed by atoms with Crippen molar-refractivity contribution in [3.63, 3.8) is 0 Å². The fourth-order valence-corrected chi connectivity index (χ4v) is 3.61. The molecule has 2 rings (SSSR count). The molecule has 0 aliphatic heterocycles. The summed E-state index contributed by atoms with van der Waals surface area (Å²) in [7, 11) is 0. The minimum Gasteiger partial charge on any atom is -0.347 e. The van der Waals surface area contributed by atoms with Gasteiger partial charge < -0.3 is 11.1 Å². The summed E-state index contributed by atoms with van der Waals surface area (Å²) < 4.78 is 0. The van der Waals surface area contributed by atoms with Crippen molar-refractivity contribution in [2.24, 2.45) is 16.6 Å². The molecule has 0 aromatic carbocycles. The lowest BCUT2D eigenvalue weighted by Crippen LogP contribution is -2.76. The van der Waals surface area contributed by atoms with Gasteiger partial charge in [-0.1, -0.05) is 27.7 Å². The fourth-order valence-electron chi connectivity index (χ4n) is 3.08. The van der Waals surface area contributed by atoms with Crippen molar-refractivity contribution in [3.05, 3.63) is 16.6 Å². The van der Waals surface area contributed by atoms with E-state index >= 15 is 0 Å². The Bertz CT molecular complexity index is 409. The number of carbonyl (C=O) groups excluding carboxylic acids is 1. The summed E-state index contributed by atoms with van der Waals surface area (Å²) in [6.07, 6.45) is 0. The fraction of sp³-hybridized carbons (Fsp3) is 0.667. The number of thiazole rings is 1. The molecular formula is C12H19N3OS. The van der Waals surface area contributed by atoms with Crippen molar-refractivity contribution in [1.29, 1.82) is 0 Å². The minimum atomic E-state index is -0.107. The number of hydrogen-bond acceptors (Lipinski definition) is 4. The van der Waals surface area contributed by atoms with Crippen molar-refractivity contribution in [3.8, 4) is 0 Å². The van der Waals surface area contributed by atoms with Gasteiger partial charge in [-0.15, -0.1) is 11.3 Å². The van der Waals surface area contributed by atoms with E-state index in [9.17, 15) is 4.79 Å². The number of hydrogen-bond donors (Lipinski definition) is 2. The Balaban J connectivity index is 2.12. The maximum absolute atomic E-state index is 12.0. The summed E-state index contributed by atoms with van der Waals surface area (Å²) in [5.41, 5.74) is 8.16. The summed E-state index contributed by atoms with van der Waals surface area (Å²) in [5, 5.41) is 4.81. The van der Waals surface area contributed by atoms with Gasteiger partial charge in [-0.05, 0) is 0 Å². The summed E-state index contributed by atoms with van der Waals surface area (Å²) in [4.78, 5) is 16.0. The van der Waals surface area contributed by atoms with Gasteiger partial charge >= 0.3 is 0 Å². The molecule has 1 aliphatic rings. The minimum absolute atomic E-state index is 0.0742. The first-order valence-electron chi connectivity index (χ1n) is 5.72. The first-order valence-corrected chi connectivity index (χ1v) is 6.67. The van der Waals surface area contributed by atoms with E-state index in [0.29, 0.717) is 5.69 Å². The largest absolute Gasteiger partial charge is 0.347 e. The molecule has 1 heterocycles. The van der Waals surface area contributed by atoms with Gasteiger partial charge in [0.25, 0.3) is 5.91 Å². The molecule has 1 fully saturated rings. The van der Waals surface area contributed by atoms with Crippen LogP contribution in [0.3, 0.4) is 0 Å². The van der Waals surface area contributed by atoms with E-state index in [-0.39, 0.29) is 28.8 Å². The molecule has 94 valence electrons. The molecule has 0 radical (unpaired) electrons. The topological polar surface area (TPSA) is 68.0 Å². The Hall–Kier alpha value is -0.940. The van der Waals surface area contributed by atoms with Crippen molar-refractivity contribution in [2.75, 3.05) is 0 Å². The molecule has 4 nitrogen and oxygen atoms in total. The van der Waals surface area contributed by atoms with E-state index in [1.807, 2.05) is 0 Å². The van der Waals surface area contributed by atoms with Crippen LogP contribution in [-0.2, 0) is 0 Å². The Morgan fingerprint density at radius 1 is 1.41 bits per heavy atom. The maximum Gasteiger partial charge on any atom is 0.271 e. The van der Waals surface area contributed by atoms with Crippen LogP contribution in [0.4, 0.5) is 0 Å². The van der Waals surface area contributed by atoms with Gasteiger partial charge in [0.05, 0.1) is 5.51 Å². The van der Waals surface area contributed by atoms with Crippen LogP contribution >= 0.6 is 11.3 Å². The van der Waals surface area contributed by atoms with Gasteiger partial charge in [0.1, 0.15) is 5.69 Å². The van der Waals surface area contributed by atoms with Crippen LogP contribution in [0, 0.1) is 10.8 Å². The molecule has 1 aromatic rings. The molecule has 5 heteroatoms. The van der Waals surface area contributed by atoms with Gasteiger partial charge in [-0.3, -0.25) is 4.79 Å². The lowest BCUT2D eigenvalue weighted by atomic mass is 9.48. The normalized spacial score (nSPS) is 29.5. The molecule has 1 amide bonds. The number of carbonyl (C=O) groups is 1. The zero-order valence-electron chi connectivity index (χ0n) is 10.7. The second-order valence-corrected chi connectivity index (χ2v) is 6.62. The van der Waals surface area contributed by atoms with Gasteiger partial charge in [0.2, 0.25) is 0 Å². The van der Waals surface area contributed by atoms with E-state index in [0.717, 1.165) is 0 Å². The first kappa shape index (κ1) is 12.5. The molecule has 0 bridgehead atoms. The molecule has 0 atom stereocenters. The Labute approximate surface area is 106 Å². The Kier molecular flexibility index (Phi) is 2.78. The summed E-state index contributed by atoms with van der Waals surface area (Å²) >= 11 is 1.42. The third-order valence-corrected chi connectivity index (χ3v) is 4.62. The number of nitrogens with zero attached hydrogens (tertiary/aromatic N) is 1. The molecule has 0 spiro atoms. The highest BCUT2D eigenvalue weighted by atomic mass is 32.1. The van der Waals surface area contributed by atoms with Crippen LogP contribution in [0.15, 0.2) is 10.9 Å². The standard InChI is InChI=1S/C12H19N3OS/c1-11(2)9(13)12(3,4)10(11)15-8(16)7-5-17-6-14-7/h5-6,9-10H,13H2,1-4H3,(H,15,16). The number of rotatable bonds is 2. The van der Waals surface area contributed by atoms with Crippen LogP contribution in [0.2, 0.25) is 0 Å². The average Bonchev–Trinajstić information content (AvgIpc) is 2.77. The lowest BCUT2D eigenvalue weighted by Gasteiger charge is -2.62. The monoisotopic (exact) mass is 253 g/mol. The van der Waals surface area contributed by atoms with Crippen LogP contribution < -0.4 is 11.1 Å². The average molecular weight is 253 g/mol. The van der Waals surface area contributed by atoms with Crippen LogP contribution in [0.5, 0.6) is 0 Å². The number of aromatic nitrogens is 1. The molecule has 0 saturated heterocycles. The predicted molar refractivity (Wildman–Crippen MR) is 68.9 cm³/mol. The second kappa shape index (κ2) is 3.78. The number of nitrogens with one attached hydrogen (secondary N) is 1. The second-order valence-electron chi connectivity index (χ2n) is 5.90. The SMILES string of the molecule is CC1(C)C(N)C(C)(C)C1NC(=O)c1cscn1. The Morgan fingerprint density at radius 2 is 2.00 bits per heavy atom. The quantitative estimate of drug-likeness (QED) is 0.842. The molecule has 1 aliphatic carbocycles. The summed E-state index contributed by atoms with van der Waals surface area (Å²) in [5.74, 6) is -0.107. The van der Waals surface area contributed by atoms with Gasteiger partial charge in [-0.25, -0.2) is 4.98 Å². The molecule has 1 saturated carbocycles. The predicted octanol–water partition coefficient (Wildman–Crippen LogP) is 1.63. The van der Waals surface area contributed by atoms with Crippen molar-refractivity contribution < 1.29 is 4.79 Å². The zero-order valence-corrected chi connectivity index (χ0v) is 11.5. The van der Waals surface area contributed by atoms with Crippen molar-refractivity contribution in [2.45, 2.75) is 39.8 Å². The smallest absolute Gasteiger partial charge is 0.271 e. The van der Waals surface area contributed by atoms with E-state index in [1.54, 1.807) is 10.9 Å². The van der Waals surface area contributed by atoms with Crippen LogP contribution in [0.1, 0.15) is 38.2 Å². The molecule has 3 N–H and O–H groups in total. The van der Waals surface area contributed by atoms with E-state index < -0.39 is 0 Å². The highest BCUT2D eigenvalue weighted by Crippen LogP contribution is 2.52. The van der Waals surface area contributed by atoms with Crippen LogP contribution in [-0.4, -0.2) is 23.0 Å². The van der Waals surface area contributed by atoms with Crippen LogP contribution in [0.25, 0.3) is 0 Å². The molecule has 0 unspecified atom stereocenters. The van der Waals surface area contributed by atoms with E-state index in [2.05, 4.69) is 38.0 Å². The van der Waals surface area contributed by atoms with E-state index in [1.165, 1.54) is 11.3 Å². The molecule has 17 heavy (non-hydrogen) atoms. The number of nitrogens with two attached hydrogens (primary N) is 1. The van der Waals surface area contributed by atoms with E-state index in [4.69, 9.17) is 5.73 Å². The summed E-state index contributed by atoms with van der Waals surface area (Å²) in [6, 6.07) is 0.176. The van der Waals surface area contributed by atoms with Crippen molar-refractivity contribution >= 4 is 17.2 Å². The number of amides is 1. The zero-order chi connectivity index (χ0) is 12.8. The third kappa shape index (κ3) is 1.77. The highest BCUT2D eigenvalue weighted by molar-refractivity contribution is 7.07. The Morgan fingerprint density at radius 3 is 2.47 bits per heavy atom. The first-order chi connectivity index (χ1) is 7.78. The summed E-state index contributed by atoms with van der Waals surface area (Å²) in [6.45, 7) is 8.37. The third-order valence-electron chi connectivity index (χ3n) is 4.03. The van der Waals surface area contributed by atoms with Crippen molar-refractivity contribution in [1.82, 2.24) is 10.3 Å². The van der Waals surface area contributed by atoms with Gasteiger partial charge in [0.15, 0.2) is 0 Å². The molecule has 1 aromatic heterocycles. The van der Waals surface area contributed by atoms with Gasteiger partial charge in [-0.2, -0.15) is 0 Å². The highest BCUT2D eigenvalue weighted by Gasteiger charge is 2.60.